The number of hydrogen-bond acceptors (Lipinski definition) is 10. The van der Waals surface area contributed by atoms with E-state index in [1.165, 1.54) is 29.2 Å². The number of carbonyl (C=O) groups excluding carboxylic acids is 1. The number of carboxylic acid groups (broad SMARTS) is 2. The highest BCUT2D eigenvalue weighted by atomic mass is 19.2. The van der Waals surface area contributed by atoms with Gasteiger partial charge in [0, 0.05) is 31.1 Å². The van der Waals surface area contributed by atoms with Gasteiger partial charge in [-0.15, -0.1) is 0 Å². The summed E-state index contributed by atoms with van der Waals surface area (Å²) in [4.78, 5) is 64.3. The van der Waals surface area contributed by atoms with Gasteiger partial charge in [-0.3, -0.25) is 29.5 Å². The number of aromatic nitrogens is 2. The topological polar surface area (TPSA) is 248 Å². The molecule has 2 aromatic carbocycles. The van der Waals surface area contributed by atoms with Crippen LogP contribution in [0.25, 0.3) is 0 Å². The van der Waals surface area contributed by atoms with E-state index >= 15 is 4.39 Å². The molecule has 1 aromatic heterocycles. The number of nitro benzene ring substituents is 1. The third kappa shape index (κ3) is 7.52. The summed E-state index contributed by atoms with van der Waals surface area (Å²) in [5.74, 6) is -7.01. The molecule has 0 aliphatic heterocycles. The number of nitrogens with one attached hydrogen (secondary N) is 2. The normalized spacial score (nSPS) is 11.5. The minimum absolute atomic E-state index is 0.0138. The van der Waals surface area contributed by atoms with Crippen molar-refractivity contribution >= 4 is 41.0 Å². The number of nitrogens with zero attached hydrogens (tertiary/aromatic N) is 3. The largest absolute Gasteiger partial charge is 0.481 e. The van der Waals surface area contributed by atoms with E-state index in [9.17, 15) is 38.8 Å². The lowest BCUT2D eigenvalue weighted by Crippen LogP contribution is -2.41. The van der Waals surface area contributed by atoms with Gasteiger partial charge >= 0.3 is 17.6 Å². The van der Waals surface area contributed by atoms with Gasteiger partial charge in [-0.1, -0.05) is 12.1 Å². The Balaban J connectivity index is 1.87. The molecule has 222 valence electrons. The van der Waals surface area contributed by atoms with Crippen LogP contribution in [-0.4, -0.2) is 55.5 Å². The van der Waals surface area contributed by atoms with Crippen LogP contribution in [-0.2, 0) is 22.6 Å². The molecule has 42 heavy (non-hydrogen) atoms. The molecule has 0 saturated heterocycles. The van der Waals surface area contributed by atoms with Crippen LogP contribution >= 0.6 is 0 Å². The first-order valence-corrected chi connectivity index (χ1v) is 12.1. The van der Waals surface area contributed by atoms with E-state index in [0.717, 1.165) is 12.1 Å². The number of carbonyl (C=O) groups is 3. The molecule has 0 bridgehead atoms. The van der Waals surface area contributed by atoms with E-state index in [0.29, 0.717) is 5.56 Å². The molecular weight excluding hydrogens is 564 g/mol. The summed E-state index contributed by atoms with van der Waals surface area (Å²) < 4.78 is 29.5. The Morgan fingerprint density at radius 2 is 1.76 bits per heavy atom. The lowest BCUT2D eigenvalue weighted by molar-refractivity contribution is -0.387. The van der Waals surface area contributed by atoms with Gasteiger partial charge in [0.15, 0.2) is 5.82 Å². The minimum Gasteiger partial charge on any atom is -0.481 e. The van der Waals surface area contributed by atoms with Crippen LogP contribution in [0, 0.1) is 21.7 Å². The van der Waals surface area contributed by atoms with E-state index < -0.39 is 58.1 Å². The van der Waals surface area contributed by atoms with Crippen molar-refractivity contribution in [3.05, 3.63) is 85.2 Å². The minimum atomic E-state index is -1.68. The second-order valence-corrected chi connectivity index (χ2v) is 8.97. The van der Waals surface area contributed by atoms with Crippen LogP contribution in [0.3, 0.4) is 0 Å². The van der Waals surface area contributed by atoms with Gasteiger partial charge < -0.3 is 31.9 Å². The number of aliphatic carboxylic acids is 2. The summed E-state index contributed by atoms with van der Waals surface area (Å²) >= 11 is 0. The average molecular weight is 590 g/mol. The SMILES string of the molecule is Nc1nc(N)c(CCN(Cc2ccc(C(=O)N[C@@H](CCC(=O)O)C(=O)O)cc2)c2ccc([N+](=O)[O-])c(F)c2F)c(=O)[nH]1. The van der Waals surface area contributed by atoms with E-state index in [4.69, 9.17) is 16.6 Å². The maximum absolute atomic E-state index is 15.0. The summed E-state index contributed by atoms with van der Waals surface area (Å²) in [5.41, 5.74) is 9.68. The molecule has 0 spiro atoms. The molecule has 0 aliphatic carbocycles. The molecule has 15 nitrogen and oxygen atoms in total. The predicted molar refractivity (Wildman–Crippen MR) is 144 cm³/mol. The van der Waals surface area contributed by atoms with Crippen LogP contribution in [0.2, 0.25) is 0 Å². The number of hydrogen-bond donors (Lipinski definition) is 6. The van der Waals surface area contributed by atoms with Crippen molar-refractivity contribution in [1.29, 1.82) is 0 Å². The summed E-state index contributed by atoms with van der Waals surface area (Å²) in [7, 11) is 0. The number of amides is 1. The van der Waals surface area contributed by atoms with E-state index in [1.807, 2.05) is 0 Å². The smallest absolute Gasteiger partial charge is 0.326 e. The Bertz CT molecular complexity index is 1580. The quantitative estimate of drug-likeness (QED) is 0.122. The van der Waals surface area contributed by atoms with Crippen molar-refractivity contribution in [3.63, 3.8) is 0 Å². The molecule has 0 fully saturated rings. The Labute approximate surface area is 234 Å². The zero-order valence-electron chi connectivity index (χ0n) is 21.7. The Kier molecular flexibility index (Phi) is 9.69. The number of halogens is 2. The van der Waals surface area contributed by atoms with Gasteiger partial charge in [0.2, 0.25) is 11.8 Å². The number of nitrogen functional groups attached to an aromatic ring is 2. The predicted octanol–water partition coefficient (Wildman–Crippen LogP) is 1.42. The first kappa shape index (κ1) is 30.9. The van der Waals surface area contributed by atoms with E-state index in [2.05, 4.69) is 15.3 Å². The molecule has 8 N–H and O–H groups in total. The molecule has 0 saturated carbocycles. The van der Waals surface area contributed by atoms with Gasteiger partial charge in [-0.2, -0.15) is 9.37 Å². The monoisotopic (exact) mass is 589 g/mol. The maximum atomic E-state index is 15.0. The average Bonchev–Trinajstić information content (AvgIpc) is 2.91. The molecule has 0 radical (unpaired) electrons. The van der Waals surface area contributed by atoms with Crippen LogP contribution in [0.5, 0.6) is 0 Å². The standard InChI is InChI=1S/C25H25F2N7O8/c26-19-16(6-7-17(20(19)27)34(41)42)33(10-9-14-21(28)31-25(29)32-23(14)38)11-12-1-3-13(4-2-12)22(37)30-15(24(39)40)5-8-18(35)36/h1-4,6-7,15H,5,8-11H2,(H,30,37)(H,35,36)(H,39,40)(H5,28,29,31,32,38)/t15-/m0/s1. The van der Waals surface area contributed by atoms with Crippen LogP contribution < -0.4 is 27.2 Å². The van der Waals surface area contributed by atoms with Crippen LogP contribution in [0.1, 0.15) is 34.3 Å². The second-order valence-electron chi connectivity index (χ2n) is 8.97. The number of nitro groups is 1. The van der Waals surface area contributed by atoms with Crippen LogP contribution in [0.4, 0.5) is 31.9 Å². The maximum Gasteiger partial charge on any atom is 0.326 e. The highest BCUT2D eigenvalue weighted by molar-refractivity contribution is 5.96. The van der Waals surface area contributed by atoms with Crippen molar-refractivity contribution in [1.82, 2.24) is 15.3 Å². The van der Waals surface area contributed by atoms with Gasteiger partial charge in [0.25, 0.3) is 11.5 Å². The van der Waals surface area contributed by atoms with E-state index in [1.54, 1.807) is 0 Å². The number of aromatic amines is 1. The molecular formula is C25H25F2N7O8. The molecule has 1 heterocycles. The number of H-pyrrole nitrogens is 1. The fourth-order valence-corrected chi connectivity index (χ4v) is 3.97. The first-order valence-electron chi connectivity index (χ1n) is 12.1. The molecule has 0 unspecified atom stereocenters. The molecule has 3 rings (SSSR count). The third-order valence-corrected chi connectivity index (χ3v) is 6.12. The van der Waals surface area contributed by atoms with Gasteiger partial charge in [0.05, 0.1) is 16.2 Å². The van der Waals surface area contributed by atoms with Crippen molar-refractivity contribution in [2.45, 2.75) is 31.8 Å². The van der Waals surface area contributed by atoms with Gasteiger partial charge in [0.1, 0.15) is 11.9 Å². The molecule has 1 atom stereocenters. The molecule has 3 aromatic rings. The summed E-state index contributed by atoms with van der Waals surface area (Å²) in [6, 6.07) is 5.92. The molecule has 1 amide bonds. The Hall–Kier alpha value is -5.61. The first-order chi connectivity index (χ1) is 19.8. The van der Waals surface area contributed by atoms with Gasteiger partial charge in [-0.05, 0) is 36.6 Å². The number of anilines is 3. The van der Waals surface area contributed by atoms with Crippen molar-refractivity contribution in [3.8, 4) is 0 Å². The third-order valence-electron chi connectivity index (χ3n) is 6.12. The van der Waals surface area contributed by atoms with Gasteiger partial charge in [-0.25, -0.2) is 9.18 Å². The molecule has 17 heteroatoms. The Morgan fingerprint density at radius 1 is 1.10 bits per heavy atom. The number of nitrogens with two attached hydrogens (primary N) is 2. The summed E-state index contributed by atoms with van der Waals surface area (Å²) in [6.45, 7) is -0.272. The summed E-state index contributed by atoms with van der Waals surface area (Å²) in [6.07, 6.45) is -0.923. The zero-order valence-corrected chi connectivity index (χ0v) is 21.7. The zero-order chi connectivity index (χ0) is 31.1. The lowest BCUT2D eigenvalue weighted by Gasteiger charge is -2.26. The van der Waals surface area contributed by atoms with Crippen molar-refractivity contribution < 1.29 is 38.3 Å². The highest BCUT2D eigenvalue weighted by Crippen LogP contribution is 2.29. The Morgan fingerprint density at radius 3 is 2.33 bits per heavy atom. The molecule has 0 aliphatic rings. The van der Waals surface area contributed by atoms with Crippen molar-refractivity contribution in [2.24, 2.45) is 0 Å². The van der Waals surface area contributed by atoms with Crippen LogP contribution in [0.15, 0.2) is 41.2 Å². The second kappa shape index (κ2) is 13.2. The summed E-state index contributed by atoms with van der Waals surface area (Å²) in [5, 5.41) is 31.3. The number of rotatable bonds is 13. The number of carboxylic acids is 2. The number of benzene rings is 2. The lowest BCUT2D eigenvalue weighted by atomic mass is 10.1. The van der Waals surface area contributed by atoms with E-state index in [-0.39, 0.29) is 54.5 Å². The highest BCUT2D eigenvalue weighted by Gasteiger charge is 2.25. The fraction of sp³-hybridized carbons (Fsp3) is 0.240. The fourth-order valence-electron chi connectivity index (χ4n) is 3.97. The van der Waals surface area contributed by atoms with Crippen molar-refractivity contribution in [2.75, 3.05) is 22.9 Å².